The molecule has 0 spiro atoms. The summed E-state index contributed by atoms with van der Waals surface area (Å²) in [4.78, 5) is 0. The van der Waals surface area contributed by atoms with Gasteiger partial charge in [0.25, 0.3) is 0 Å². The maximum Gasteiger partial charge on any atom is 0.0679 e. The van der Waals surface area contributed by atoms with E-state index < -0.39 is 0 Å². The monoisotopic (exact) mass is 307 g/mol. The fraction of sp³-hybridized carbons (Fsp3) is 0.385. The van der Waals surface area contributed by atoms with E-state index >= 15 is 0 Å². The van der Waals surface area contributed by atoms with Crippen LogP contribution in [0.1, 0.15) is 12.5 Å². The van der Waals surface area contributed by atoms with Crippen LogP contribution >= 0.6 is 34.8 Å². The summed E-state index contributed by atoms with van der Waals surface area (Å²) in [5.74, 6) is 0. The van der Waals surface area contributed by atoms with Gasteiger partial charge in [-0.3, -0.25) is 0 Å². The van der Waals surface area contributed by atoms with Gasteiger partial charge in [-0.1, -0.05) is 46.5 Å². The molecule has 1 aromatic carbocycles. The molecule has 0 amide bonds. The van der Waals surface area contributed by atoms with E-state index in [0.29, 0.717) is 21.7 Å². The van der Waals surface area contributed by atoms with Gasteiger partial charge < -0.3 is 10.1 Å². The summed E-state index contributed by atoms with van der Waals surface area (Å²) < 4.78 is 4.95. The summed E-state index contributed by atoms with van der Waals surface area (Å²) in [6, 6.07) is 3.43. The lowest BCUT2D eigenvalue weighted by molar-refractivity contribution is 0.200. The number of hydrogen-bond donors (Lipinski definition) is 1. The summed E-state index contributed by atoms with van der Waals surface area (Å²) in [7, 11) is 1.68. The lowest BCUT2D eigenvalue weighted by atomic mass is 10.1. The van der Waals surface area contributed by atoms with Crippen molar-refractivity contribution in [1.82, 2.24) is 5.32 Å². The number of methoxy groups -OCH3 is 1. The molecule has 0 bridgehead atoms. The zero-order valence-corrected chi connectivity index (χ0v) is 12.7. The largest absolute Gasteiger partial charge is 0.383 e. The predicted octanol–water partition coefficient (Wildman–Crippen LogP) is 4.29. The van der Waals surface area contributed by atoms with Gasteiger partial charge in [-0.05, 0) is 19.1 Å². The molecule has 0 atom stereocenters. The van der Waals surface area contributed by atoms with Crippen molar-refractivity contribution in [3.63, 3.8) is 0 Å². The molecule has 2 nitrogen and oxygen atoms in total. The molecule has 5 heteroatoms. The SMILES string of the molecule is COCCNC/C(C)=C/c1c(Cl)ccc(Cl)c1Cl. The summed E-state index contributed by atoms with van der Waals surface area (Å²) >= 11 is 18.2. The minimum atomic E-state index is 0.486. The van der Waals surface area contributed by atoms with Crippen LogP contribution in [0.3, 0.4) is 0 Å². The first-order chi connectivity index (χ1) is 8.56. The smallest absolute Gasteiger partial charge is 0.0679 e. The van der Waals surface area contributed by atoms with Gasteiger partial charge in [0.2, 0.25) is 0 Å². The van der Waals surface area contributed by atoms with Crippen molar-refractivity contribution in [3.05, 3.63) is 38.3 Å². The summed E-state index contributed by atoms with van der Waals surface area (Å²) in [5, 5.41) is 4.84. The minimum absolute atomic E-state index is 0.486. The fourth-order valence-electron chi connectivity index (χ4n) is 1.43. The normalized spacial score (nSPS) is 11.9. The minimum Gasteiger partial charge on any atom is -0.383 e. The van der Waals surface area contributed by atoms with Crippen LogP contribution in [0, 0.1) is 0 Å². The van der Waals surface area contributed by atoms with E-state index in [1.165, 1.54) is 0 Å². The molecule has 0 fully saturated rings. The molecule has 0 aliphatic rings. The molecular weight excluding hydrogens is 293 g/mol. The third-order valence-corrected chi connectivity index (χ3v) is 3.51. The van der Waals surface area contributed by atoms with Crippen molar-refractivity contribution in [3.8, 4) is 0 Å². The van der Waals surface area contributed by atoms with Gasteiger partial charge in [0, 0.05) is 30.8 Å². The standard InChI is InChI=1S/C13H16Cl3NO/c1-9(8-17-5-6-18-2)7-10-11(14)3-4-12(15)13(10)16/h3-4,7,17H,5-6,8H2,1-2H3/b9-7+. The van der Waals surface area contributed by atoms with Crippen LogP contribution in [0.25, 0.3) is 6.08 Å². The van der Waals surface area contributed by atoms with E-state index in [4.69, 9.17) is 39.5 Å². The summed E-state index contributed by atoms with van der Waals surface area (Å²) in [5.41, 5.74) is 1.88. The van der Waals surface area contributed by atoms with Crippen LogP contribution in [0.2, 0.25) is 15.1 Å². The molecule has 18 heavy (non-hydrogen) atoms. The Kier molecular flexibility index (Phi) is 7.05. The molecule has 0 unspecified atom stereocenters. The third-order valence-electron chi connectivity index (χ3n) is 2.36. The second-order valence-corrected chi connectivity index (χ2v) is 5.11. The molecule has 1 rings (SSSR count). The van der Waals surface area contributed by atoms with Crippen molar-refractivity contribution >= 4 is 40.9 Å². The third kappa shape index (κ3) is 4.79. The zero-order valence-electron chi connectivity index (χ0n) is 10.4. The van der Waals surface area contributed by atoms with Gasteiger partial charge >= 0.3 is 0 Å². The highest BCUT2D eigenvalue weighted by Gasteiger charge is 2.07. The van der Waals surface area contributed by atoms with Crippen molar-refractivity contribution in [2.45, 2.75) is 6.92 Å². The van der Waals surface area contributed by atoms with Crippen LogP contribution in [0.4, 0.5) is 0 Å². The highest BCUT2D eigenvalue weighted by Crippen LogP contribution is 2.32. The Labute approximate surface area is 123 Å². The van der Waals surface area contributed by atoms with Crippen LogP contribution in [-0.4, -0.2) is 26.8 Å². The van der Waals surface area contributed by atoms with E-state index in [-0.39, 0.29) is 0 Å². The molecule has 1 N–H and O–H groups in total. The van der Waals surface area contributed by atoms with Crippen LogP contribution in [-0.2, 0) is 4.74 Å². The van der Waals surface area contributed by atoms with Gasteiger partial charge in [-0.15, -0.1) is 0 Å². The first kappa shape index (κ1) is 15.8. The first-order valence-electron chi connectivity index (χ1n) is 5.56. The molecule has 0 radical (unpaired) electrons. The van der Waals surface area contributed by atoms with Gasteiger partial charge in [0.05, 0.1) is 16.7 Å². The molecule has 0 aromatic heterocycles. The Bertz CT molecular complexity index is 432. The number of rotatable bonds is 6. The van der Waals surface area contributed by atoms with E-state index in [2.05, 4.69) is 5.32 Å². The Balaban J connectivity index is 2.73. The van der Waals surface area contributed by atoms with Crippen molar-refractivity contribution in [1.29, 1.82) is 0 Å². The van der Waals surface area contributed by atoms with Crippen LogP contribution < -0.4 is 5.32 Å². The Hall–Kier alpha value is -0.250. The number of ether oxygens (including phenoxy) is 1. The summed E-state index contributed by atoms with van der Waals surface area (Å²) in [6.45, 7) is 4.25. The van der Waals surface area contributed by atoms with Crippen LogP contribution in [0.5, 0.6) is 0 Å². The molecule has 0 heterocycles. The maximum atomic E-state index is 6.12. The number of nitrogens with one attached hydrogen (secondary N) is 1. The molecule has 0 aliphatic carbocycles. The molecule has 100 valence electrons. The first-order valence-corrected chi connectivity index (χ1v) is 6.70. The van der Waals surface area contributed by atoms with Crippen molar-refractivity contribution < 1.29 is 4.74 Å². The van der Waals surface area contributed by atoms with Crippen molar-refractivity contribution in [2.24, 2.45) is 0 Å². The predicted molar refractivity (Wildman–Crippen MR) is 79.9 cm³/mol. The highest BCUT2D eigenvalue weighted by molar-refractivity contribution is 6.44. The number of benzene rings is 1. The lowest BCUT2D eigenvalue weighted by Gasteiger charge is -2.07. The van der Waals surface area contributed by atoms with E-state index in [1.807, 2.05) is 13.0 Å². The molecule has 0 saturated heterocycles. The van der Waals surface area contributed by atoms with Gasteiger partial charge in [0.1, 0.15) is 0 Å². The van der Waals surface area contributed by atoms with Gasteiger partial charge in [-0.2, -0.15) is 0 Å². The Morgan fingerprint density at radius 3 is 2.61 bits per heavy atom. The van der Waals surface area contributed by atoms with Crippen molar-refractivity contribution in [2.75, 3.05) is 26.8 Å². The topological polar surface area (TPSA) is 21.3 Å². The van der Waals surface area contributed by atoms with Crippen LogP contribution in [0.15, 0.2) is 17.7 Å². The molecule has 1 aromatic rings. The molecule has 0 saturated carbocycles. The molecule has 0 aliphatic heterocycles. The molecular formula is C13H16Cl3NO. The second kappa shape index (κ2) is 8.03. The quantitative estimate of drug-likeness (QED) is 0.625. The van der Waals surface area contributed by atoms with E-state index in [0.717, 1.165) is 24.2 Å². The second-order valence-electron chi connectivity index (χ2n) is 3.92. The van der Waals surface area contributed by atoms with Gasteiger partial charge in [0.15, 0.2) is 0 Å². The maximum absolute atomic E-state index is 6.12. The van der Waals surface area contributed by atoms with E-state index in [9.17, 15) is 0 Å². The summed E-state index contributed by atoms with van der Waals surface area (Å²) in [6.07, 6.45) is 1.94. The number of halogens is 3. The number of hydrogen-bond acceptors (Lipinski definition) is 2. The van der Waals surface area contributed by atoms with Gasteiger partial charge in [-0.25, -0.2) is 0 Å². The van der Waals surface area contributed by atoms with E-state index in [1.54, 1.807) is 19.2 Å². The zero-order chi connectivity index (χ0) is 13.5. The lowest BCUT2D eigenvalue weighted by Crippen LogP contribution is -2.20. The average molecular weight is 309 g/mol. The Morgan fingerprint density at radius 2 is 1.94 bits per heavy atom. The fourth-order valence-corrected chi connectivity index (χ4v) is 2.08. The highest BCUT2D eigenvalue weighted by atomic mass is 35.5. The Morgan fingerprint density at radius 1 is 1.28 bits per heavy atom. The average Bonchev–Trinajstić information content (AvgIpc) is 2.35.